The Morgan fingerprint density at radius 3 is 2.96 bits per heavy atom. The largest absolute Gasteiger partial charge is 0.352 e. The second-order valence-electron chi connectivity index (χ2n) is 5.48. The number of nitrogens with zero attached hydrogens (tertiary/aromatic N) is 3. The molecule has 10 heteroatoms. The summed E-state index contributed by atoms with van der Waals surface area (Å²) in [6.07, 6.45) is 0.492. The van der Waals surface area contributed by atoms with Gasteiger partial charge in [0.05, 0.1) is 22.1 Å². The quantitative estimate of drug-likeness (QED) is 0.755. The van der Waals surface area contributed by atoms with E-state index in [4.69, 9.17) is 0 Å². The molecule has 1 atom stereocenters. The van der Waals surface area contributed by atoms with Crippen molar-refractivity contribution in [2.75, 3.05) is 17.3 Å². The molecule has 130 valence electrons. The van der Waals surface area contributed by atoms with E-state index in [-0.39, 0.29) is 29.2 Å². The molecule has 0 spiro atoms. The van der Waals surface area contributed by atoms with Crippen LogP contribution in [0.1, 0.15) is 13.3 Å². The number of thiophene rings is 1. The molecule has 0 aromatic carbocycles. The minimum absolute atomic E-state index is 0.0388. The molecule has 3 heterocycles. The number of thioether (sulfide) groups is 1. The maximum atomic E-state index is 12.0. The summed E-state index contributed by atoms with van der Waals surface area (Å²) in [6.45, 7) is 2.72. The lowest BCUT2D eigenvalue weighted by Gasteiger charge is -2.10. The van der Waals surface area contributed by atoms with E-state index in [2.05, 4.69) is 15.5 Å². The van der Waals surface area contributed by atoms with Crippen LogP contribution in [0, 0.1) is 0 Å². The first-order chi connectivity index (χ1) is 11.5. The summed E-state index contributed by atoms with van der Waals surface area (Å²) in [5, 5.41) is 13.9. The minimum atomic E-state index is -2.99. The molecule has 0 saturated carbocycles. The lowest BCUT2D eigenvalue weighted by molar-refractivity contribution is -0.119. The number of rotatable bonds is 6. The van der Waals surface area contributed by atoms with Gasteiger partial charge in [-0.25, -0.2) is 8.42 Å². The Balaban J connectivity index is 1.60. The van der Waals surface area contributed by atoms with E-state index in [1.54, 1.807) is 11.3 Å². The summed E-state index contributed by atoms with van der Waals surface area (Å²) in [5.74, 6) is 1.01. The van der Waals surface area contributed by atoms with Crippen molar-refractivity contribution in [1.29, 1.82) is 0 Å². The van der Waals surface area contributed by atoms with Crippen molar-refractivity contribution in [2.45, 2.75) is 31.1 Å². The number of sulfone groups is 1. The van der Waals surface area contributed by atoms with Crippen LogP contribution >= 0.6 is 23.1 Å². The van der Waals surface area contributed by atoms with Gasteiger partial charge in [-0.1, -0.05) is 17.8 Å². The average Bonchev–Trinajstić information content (AvgIpc) is 3.24. The summed E-state index contributed by atoms with van der Waals surface area (Å²) < 4.78 is 24.8. The number of amides is 1. The Labute approximate surface area is 148 Å². The molecular formula is C14H18N4O3S3. The fraction of sp³-hybridized carbons (Fsp3) is 0.500. The van der Waals surface area contributed by atoms with Crippen molar-refractivity contribution >= 4 is 38.8 Å². The molecule has 2 aromatic rings. The summed E-state index contributed by atoms with van der Waals surface area (Å²) in [4.78, 5) is 13.1. The van der Waals surface area contributed by atoms with E-state index in [9.17, 15) is 13.2 Å². The van der Waals surface area contributed by atoms with Crippen LogP contribution in [0.2, 0.25) is 0 Å². The van der Waals surface area contributed by atoms with Crippen LogP contribution in [0.3, 0.4) is 0 Å². The number of hydrogen-bond acceptors (Lipinski definition) is 7. The van der Waals surface area contributed by atoms with E-state index >= 15 is 0 Å². The smallest absolute Gasteiger partial charge is 0.230 e. The highest BCUT2D eigenvalue weighted by Crippen LogP contribution is 2.27. The summed E-state index contributed by atoms with van der Waals surface area (Å²) in [5.41, 5.74) is 0. The van der Waals surface area contributed by atoms with Crippen molar-refractivity contribution in [3.05, 3.63) is 17.5 Å². The zero-order valence-corrected chi connectivity index (χ0v) is 15.6. The van der Waals surface area contributed by atoms with Crippen LogP contribution < -0.4 is 5.32 Å². The molecule has 1 aliphatic rings. The fourth-order valence-corrected chi connectivity index (χ4v) is 5.78. The van der Waals surface area contributed by atoms with E-state index < -0.39 is 9.84 Å². The Hall–Kier alpha value is -1.39. The predicted octanol–water partition coefficient (Wildman–Crippen LogP) is 1.42. The zero-order valence-electron chi connectivity index (χ0n) is 13.1. The third-order valence-electron chi connectivity index (χ3n) is 3.70. The van der Waals surface area contributed by atoms with Crippen LogP contribution in [-0.4, -0.2) is 52.4 Å². The molecule has 0 bridgehead atoms. The van der Waals surface area contributed by atoms with Crippen LogP contribution in [0.15, 0.2) is 22.7 Å². The predicted molar refractivity (Wildman–Crippen MR) is 94.9 cm³/mol. The maximum Gasteiger partial charge on any atom is 0.230 e. The molecule has 1 aliphatic heterocycles. The first-order valence-electron chi connectivity index (χ1n) is 7.58. The highest BCUT2D eigenvalue weighted by Gasteiger charge is 2.29. The van der Waals surface area contributed by atoms with Crippen LogP contribution in [0.5, 0.6) is 0 Å². The molecule has 1 amide bonds. The number of nitrogens with one attached hydrogen (secondary N) is 1. The van der Waals surface area contributed by atoms with Crippen molar-refractivity contribution in [3.8, 4) is 10.7 Å². The van der Waals surface area contributed by atoms with E-state index in [0.717, 1.165) is 10.7 Å². The van der Waals surface area contributed by atoms with E-state index in [0.29, 0.717) is 18.1 Å². The van der Waals surface area contributed by atoms with Gasteiger partial charge in [0.25, 0.3) is 0 Å². The molecule has 3 rings (SSSR count). The lowest BCUT2D eigenvalue weighted by Crippen LogP contribution is -2.36. The second kappa shape index (κ2) is 7.24. The molecule has 2 aromatic heterocycles. The number of aromatic nitrogens is 3. The third-order valence-corrected chi connectivity index (χ3v) is 7.31. The van der Waals surface area contributed by atoms with E-state index in [1.807, 2.05) is 29.0 Å². The molecule has 7 nitrogen and oxygen atoms in total. The van der Waals surface area contributed by atoms with Gasteiger partial charge in [-0.15, -0.1) is 21.5 Å². The Morgan fingerprint density at radius 1 is 1.50 bits per heavy atom. The SMILES string of the molecule is CCn1c(SCC(=O)NC2CCS(=O)(=O)C2)nnc1-c1cccs1. The molecule has 24 heavy (non-hydrogen) atoms. The van der Waals surface area contributed by atoms with Gasteiger partial charge < -0.3 is 9.88 Å². The van der Waals surface area contributed by atoms with Gasteiger partial charge in [0.15, 0.2) is 20.8 Å². The van der Waals surface area contributed by atoms with Gasteiger partial charge in [-0.3, -0.25) is 4.79 Å². The molecule has 1 N–H and O–H groups in total. The average molecular weight is 387 g/mol. The van der Waals surface area contributed by atoms with Crippen LogP contribution in [0.25, 0.3) is 10.7 Å². The zero-order chi connectivity index (χ0) is 17.2. The molecular weight excluding hydrogens is 368 g/mol. The first kappa shape index (κ1) is 17.4. The highest BCUT2D eigenvalue weighted by molar-refractivity contribution is 7.99. The van der Waals surface area contributed by atoms with Gasteiger partial charge in [0.1, 0.15) is 0 Å². The summed E-state index contributed by atoms with van der Waals surface area (Å²) in [6, 6.07) is 3.68. The Kier molecular flexibility index (Phi) is 5.26. The van der Waals surface area contributed by atoms with E-state index in [1.165, 1.54) is 11.8 Å². The maximum absolute atomic E-state index is 12.0. The highest BCUT2D eigenvalue weighted by atomic mass is 32.2. The van der Waals surface area contributed by atoms with Crippen molar-refractivity contribution < 1.29 is 13.2 Å². The molecule has 1 saturated heterocycles. The molecule has 0 aliphatic carbocycles. The van der Waals surface area contributed by atoms with Crippen molar-refractivity contribution in [3.63, 3.8) is 0 Å². The standard InChI is InChI=1S/C14H18N4O3S3/c1-2-18-13(11-4-3-6-22-11)16-17-14(18)23-8-12(19)15-10-5-7-24(20,21)9-10/h3-4,6,10H,2,5,7-9H2,1H3,(H,15,19). The Bertz CT molecular complexity index is 814. The topological polar surface area (TPSA) is 94.0 Å². The minimum Gasteiger partial charge on any atom is -0.352 e. The summed E-state index contributed by atoms with van der Waals surface area (Å²) >= 11 is 2.91. The second-order valence-corrected chi connectivity index (χ2v) is 9.60. The monoisotopic (exact) mass is 386 g/mol. The van der Waals surface area contributed by atoms with Gasteiger partial charge in [0, 0.05) is 12.6 Å². The Morgan fingerprint density at radius 2 is 2.33 bits per heavy atom. The van der Waals surface area contributed by atoms with Gasteiger partial charge in [-0.2, -0.15) is 0 Å². The van der Waals surface area contributed by atoms with Crippen molar-refractivity contribution in [1.82, 2.24) is 20.1 Å². The summed E-state index contributed by atoms with van der Waals surface area (Å²) in [7, 11) is -2.99. The molecule has 1 fully saturated rings. The normalized spacial score (nSPS) is 19.5. The molecule has 1 unspecified atom stereocenters. The lowest BCUT2D eigenvalue weighted by atomic mass is 10.3. The first-order valence-corrected chi connectivity index (χ1v) is 11.3. The van der Waals surface area contributed by atoms with Gasteiger partial charge in [0.2, 0.25) is 5.91 Å². The number of carbonyl (C=O) groups excluding carboxylic acids is 1. The molecule has 0 radical (unpaired) electrons. The van der Waals surface area contributed by atoms with Gasteiger partial charge >= 0.3 is 0 Å². The van der Waals surface area contributed by atoms with Crippen molar-refractivity contribution in [2.24, 2.45) is 0 Å². The number of carbonyl (C=O) groups is 1. The van der Waals surface area contributed by atoms with Crippen LogP contribution in [-0.2, 0) is 21.2 Å². The number of hydrogen-bond donors (Lipinski definition) is 1. The third kappa shape index (κ3) is 3.98. The van der Waals surface area contributed by atoms with Crippen LogP contribution in [0.4, 0.5) is 0 Å². The fourth-order valence-electron chi connectivity index (χ4n) is 2.58. The van der Waals surface area contributed by atoms with Gasteiger partial charge in [-0.05, 0) is 24.8 Å².